The first-order valence-corrected chi connectivity index (χ1v) is 8.09. The van der Waals surface area contributed by atoms with Gasteiger partial charge in [0.05, 0.1) is 11.8 Å². The van der Waals surface area contributed by atoms with Crippen LogP contribution in [0.2, 0.25) is 0 Å². The Morgan fingerprint density at radius 3 is 2.71 bits per heavy atom. The molecule has 1 atom stereocenters. The fourth-order valence-electron chi connectivity index (χ4n) is 3.26. The number of amides is 1. The van der Waals surface area contributed by atoms with Gasteiger partial charge in [0.1, 0.15) is 5.56 Å². The first-order chi connectivity index (χ1) is 10.2. The van der Waals surface area contributed by atoms with Crippen LogP contribution in [0.25, 0.3) is 0 Å². The van der Waals surface area contributed by atoms with Crippen LogP contribution in [0.15, 0.2) is 4.52 Å². The minimum absolute atomic E-state index is 0.162. The Hall–Kier alpha value is -1.36. The smallest absolute Gasteiger partial charge is 0.256 e. The van der Waals surface area contributed by atoms with Crippen molar-refractivity contribution in [2.24, 2.45) is 5.92 Å². The second kappa shape index (κ2) is 6.18. The molecule has 2 N–H and O–H groups in total. The molecule has 1 amide bonds. The van der Waals surface area contributed by atoms with Crippen molar-refractivity contribution < 1.29 is 14.4 Å². The van der Waals surface area contributed by atoms with Gasteiger partial charge < -0.3 is 14.9 Å². The summed E-state index contributed by atoms with van der Waals surface area (Å²) in [5, 5.41) is 17.0. The van der Waals surface area contributed by atoms with Crippen molar-refractivity contribution >= 4 is 5.91 Å². The van der Waals surface area contributed by atoms with Crippen molar-refractivity contribution in [3.63, 3.8) is 0 Å². The first-order valence-electron chi connectivity index (χ1n) is 8.09. The third-order valence-corrected chi connectivity index (χ3v) is 4.73. The number of aliphatic hydroxyl groups is 1. The molecule has 21 heavy (non-hydrogen) atoms. The summed E-state index contributed by atoms with van der Waals surface area (Å²) in [5.74, 6) is 1.24. The number of hydrogen-bond donors (Lipinski definition) is 2. The molecular formula is C16H24N2O3. The highest BCUT2D eigenvalue weighted by atomic mass is 16.5. The number of nitrogens with zero attached hydrogens (tertiary/aromatic N) is 1. The largest absolute Gasteiger partial charge is 0.391 e. The highest BCUT2D eigenvalue weighted by Crippen LogP contribution is 2.42. The predicted molar refractivity (Wildman–Crippen MR) is 78.1 cm³/mol. The van der Waals surface area contributed by atoms with Crippen molar-refractivity contribution in [1.29, 1.82) is 0 Å². The third kappa shape index (κ3) is 3.28. The minimum Gasteiger partial charge on any atom is -0.391 e. The Kier molecular flexibility index (Phi) is 4.29. The molecule has 0 radical (unpaired) electrons. The predicted octanol–water partition coefficient (Wildman–Crippen LogP) is 2.53. The Labute approximate surface area is 125 Å². The van der Waals surface area contributed by atoms with Crippen LogP contribution in [0.3, 0.4) is 0 Å². The molecule has 5 nitrogen and oxygen atoms in total. The maximum atomic E-state index is 12.3. The molecule has 1 unspecified atom stereocenters. The van der Waals surface area contributed by atoms with E-state index in [-0.39, 0.29) is 5.91 Å². The summed E-state index contributed by atoms with van der Waals surface area (Å²) >= 11 is 0. The van der Waals surface area contributed by atoms with Gasteiger partial charge in [0.25, 0.3) is 5.91 Å². The Morgan fingerprint density at radius 2 is 2.05 bits per heavy atom. The summed E-state index contributed by atoms with van der Waals surface area (Å²) in [4.78, 5) is 12.3. The van der Waals surface area contributed by atoms with Crippen molar-refractivity contribution in [2.45, 2.75) is 63.9 Å². The second-order valence-corrected chi connectivity index (χ2v) is 6.46. The maximum absolute atomic E-state index is 12.3. The highest BCUT2D eigenvalue weighted by molar-refractivity contribution is 5.96. The zero-order valence-electron chi connectivity index (χ0n) is 12.6. The lowest BCUT2D eigenvalue weighted by Crippen LogP contribution is -2.37. The van der Waals surface area contributed by atoms with E-state index in [9.17, 15) is 9.90 Å². The molecule has 2 aliphatic rings. The maximum Gasteiger partial charge on any atom is 0.256 e. The fourth-order valence-corrected chi connectivity index (χ4v) is 3.26. The monoisotopic (exact) mass is 292 g/mol. The molecule has 2 saturated carbocycles. The topological polar surface area (TPSA) is 75.4 Å². The molecule has 1 aromatic heterocycles. The molecule has 1 aromatic rings. The van der Waals surface area contributed by atoms with E-state index in [2.05, 4.69) is 10.5 Å². The lowest BCUT2D eigenvalue weighted by Gasteiger charge is -2.26. The Bertz CT molecular complexity index is 502. The van der Waals surface area contributed by atoms with Gasteiger partial charge in [-0.25, -0.2) is 0 Å². The van der Waals surface area contributed by atoms with Crippen molar-refractivity contribution in [2.75, 3.05) is 6.54 Å². The molecule has 5 heteroatoms. The van der Waals surface area contributed by atoms with Crippen molar-refractivity contribution in [3.8, 4) is 0 Å². The number of aliphatic hydroxyl groups excluding tert-OH is 1. The zero-order valence-corrected chi connectivity index (χ0v) is 12.6. The summed E-state index contributed by atoms with van der Waals surface area (Å²) in [6.45, 7) is 2.11. The van der Waals surface area contributed by atoms with E-state index in [1.165, 1.54) is 19.3 Å². The van der Waals surface area contributed by atoms with Crippen molar-refractivity contribution in [1.82, 2.24) is 10.5 Å². The molecule has 2 fully saturated rings. The van der Waals surface area contributed by atoms with Gasteiger partial charge in [-0.3, -0.25) is 4.79 Å². The van der Waals surface area contributed by atoms with Crippen LogP contribution >= 0.6 is 0 Å². The molecule has 0 aromatic carbocycles. The normalized spacial score (nSPS) is 21.2. The zero-order chi connectivity index (χ0) is 14.8. The van der Waals surface area contributed by atoms with Crippen LogP contribution in [-0.4, -0.2) is 28.8 Å². The van der Waals surface area contributed by atoms with Gasteiger partial charge in [-0.05, 0) is 38.5 Å². The summed E-state index contributed by atoms with van der Waals surface area (Å²) in [5.41, 5.74) is 1.22. The number of carbonyl (C=O) groups excluding carboxylic acids is 1. The van der Waals surface area contributed by atoms with E-state index in [4.69, 9.17) is 4.52 Å². The fraction of sp³-hybridized carbons (Fsp3) is 0.750. The van der Waals surface area contributed by atoms with Gasteiger partial charge in [-0.2, -0.15) is 0 Å². The molecule has 116 valence electrons. The lowest BCUT2D eigenvalue weighted by atomic mass is 9.85. The first kappa shape index (κ1) is 14.6. The van der Waals surface area contributed by atoms with Crippen LogP contribution in [0, 0.1) is 12.8 Å². The number of hydrogen-bond acceptors (Lipinski definition) is 4. The standard InChI is InChI=1S/C16H24N2O3/c1-10-14(15(21-18-10)12-7-8-12)16(20)17-9-13(19)11-5-3-2-4-6-11/h11-13,19H,2-9H2,1H3,(H,17,20). The van der Waals surface area contributed by atoms with E-state index < -0.39 is 6.10 Å². The molecule has 3 rings (SSSR count). The summed E-state index contributed by atoms with van der Waals surface area (Å²) < 4.78 is 5.29. The van der Waals surface area contributed by atoms with Gasteiger partial charge >= 0.3 is 0 Å². The highest BCUT2D eigenvalue weighted by Gasteiger charge is 2.34. The van der Waals surface area contributed by atoms with E-state index in [1.54, 1.807) is 6.92 Å². The molecule has 0 bridgehead atoms. The summed E-state index contributed by atoms with van der Waals surface area (Å²) in [6.07, 6.45) is 7.46. The summed E-state index contributed by atoms with van der Waals surface area (Å²) in [7, 11) is 0. The molecule has 0 aliphatic heterocycles. The van der Waals surface area contributed by atoms with Gasteiger partial charge in [0.2, 0.25) is 0 Å². The minimum atomic E-state index is -0.446. The van der Waals surface area contributed by atoms with E-state index >= 15 is 0 Å². The number of aromatic nitrogens is 1. The van der Waals surface area contributed by atoms with Gasteiger partial charge in [-0.15, -0.1) is 0 Å². The van der Waals surface area contributed by atoms with E-state index in [0.29, 0.717) is 29.6 Å². The molecule has 0 spiro atoms. The van der Waals surface area contributed by atoms with Gasteiger partial charge in [0.15, 0.2) is 5.76 Å². The molecular weight excluding hydrogens is 268 g/mol. The van der Waals surface area contributed by atoms with Crippen LogP contribution in [0.5, 0.6) is 0 Å². The molecule has 2 aliphatic carbocycles. The number of nitrogens with one attached hydrogen (secondary N) is 1. The summed E-state index contributed by atoms with van der Waals surface area (Å²) in [6, 6.07) is 0. The van der Waals surface area contributed by atoms with Gasteiger partial charge in [-0.1, -0.05) is 24.4 Å². The van der Waals surface area contributed by atoms with Crippen LogP contribution in [-0.2, 0) is 0 Å². The van der Waals surface area contributed by atoms with E-state index in [0.717, 1.165) is 31.4 Å². The number of carbonyl (C=O) groups is 1. The quantitative estimate of drug-likeness (QED) is 0.874. The molecule has 1 heterocycles. The average molecular weight is 292 g/mol. The van der Waals surface area contributed by atoms with Crippen molar-refractivity contribution in [3.05, 3.63) is 17.0 Å². The Morgan fingerprint density at radius 1 is 1.33 bits per heavy atom. The van der Waals surface area contributed by atoms with E-state index in [1.807, 2.05) is 0 Å². The number of rotatable bonds is 5. The molecule has 0 saturated heterocycles. The lowest BCUT2D eigenvalue weighted by molar-refractivity contribution is 0.0737. The SMILES string of the molecule is Cc1noc(C2CC2)c1C(=O)NCC(O)C1CCCCC1. The third-order valence-electron chi connectivity index (χ3n) is 4.73. The second-order valence-electron chi connectivity index (χ2n) is 6.46. The Balaban J connectivity index is 1.57. The van der Waals surface area contributed by atoms with Crippen LogP contribution < -0.4 is 5.32 Å². The average Bonchev–Trinajstić information content (AvgIpc) is 3.28. The number of aryl methyl sites for hydroxylation is 1. The van der Waals surface area contributed by atoms with Gasteiger partial charge in [0, 0.05) is 12.5 Å². The van der Waals surface area contributed by atoms with Crippen LogP contribution in [0.1, 0.15) is 72.7 Å². The van der Waals surface area contributed by atoms with Crippen LogP contribution in [0.4, 0.5) is 0 Å².